The molecule has 0 aliphatic carbocycles. The number of rotatable bonds is 5. The molecule has 0 saturated carbocycles. The second-order valence-corrected chi connectivity index (χ2v) is 3.74. The fourth-order valence-electron chi connectivity index (χ4n) is 1.59. The largest absolute Gasteiger partial charge is 0.412 e. The summed E-state index contributed by atoms with van der Waals surface area (Å²) in [7, 11) is 0. The molecule has 0 aliphatic heterocycles. The van der Waals surface area contributed by atoms with E-state index in [4.69, 9.17) is 0 Å². The van der Waals surface area contributed by atoms with E-state index in [2.05, 4.69) is 0 Å². The number of aliphatic hydroxyl groups excluding tert-OH is 2. The predicted octanol–water partition coefficient (Wildman–Crippen LogP) is 0.383. The summed E-state index contributed by atoms with van der Waals surface area (Å²) in [6.07, 6.45) is -0.404. The first kappa shape index (κ1) is 15.1. The van der Waals surface area contributed by atoms with Crippen LogP contribution in [0.2, 0.25) is 0 Å². The van der Waals surface area contributed by atoms with Crippen LogP contribution in [0.5, 0.6) is 0 Å². The molecule has 2 atom stereocenters. The Morgan fingerprint density at radius 2 is 1.56 bits per heavy atom. The van der Waals surface area contributed by atoms with Crippen LogP contribution in [0.4, 0.5) is 0 Å². The molecule has 1 aromatic carbocycles. The Morgan fingerprint density at radius 3 is 2.00 bits per heavy atom. The predicted molar refractivity (Wildman–Crippen MR) is 63.8 cm³/mol. The van der Waals surface area contributed by atoms with Gasteiger partial charge in [-0.3, -0.25) is 4.90 Å². The molecule has 0 fully saturated rings. The van der Waals surface area contributed by atoms with Crippen LogP contribution in [0, 0.1) is 0 Å². The van der Waals surface area contributed by atoms with Gasteiger partial charge in [-0.25, -0.2) is 0 Å². The number of nitrogens with zero attached hydrogens (tertiary/aromatic N) is 1. The van der Waals surface area contributed by atoms with E-state index in [1.54, 1.807) is 18.7 Å². The van der Waals surface area contributed by atoms with E-state index >= 15 is 0 Å². The molecule has 0 spiro atoms. The average Bonchev–Trinajstić information content (AvgIpc) is 2.18. The highest BCUT2D eigenvalue weighted by Gasteiger charge is 2.15. The summed E-state index contributed by atoms with van der Waals surface area (Å²) in [4.78, 5) is 1.65. The minimum Gasteiger partial charge on any atom is -0.412 e. The number of hydrogen-bond acceptors (Lipinski definition) is 3. The van der Waals surface area contributed by atoms with Gasteiger partial charge in [0.2, 0.25) is 0 Å². The standard InChI is InChI=1S/C12H19NO2.H2O/c1-10(14)13(11(2)15)9-8-12-6-4-3-5-7-12;/h3-7,10-11,14-15H,8-9H2,1-2H3;1H2. The second kappa shape index (κ2) is 7.35. The SMILES string of the molecule is CC(O)N(CCc1ccccc1)C(C)O.O. The van der Waals surface area contributed by atoms with Crippen molar-refractivity contribution >= 4 is 0 Å². The van der Waals surface area contributed by atoms with Crippen molar-refractivity contribution in [2.45, 2.75) is 32.7 Å². The highest BCUT2D eigenvalue weighted by atomic mass is 16.3. The van der Waals surface area contributed by atoms with Crippen molar-refractivity contribution in [2.75, 3.05) is 6.54 Å². The monoisotopic (exact) mass is 227 g/mol. The van der Waals surface area contributed by atoms with Gasteiger partial charge < -0.3 is 15.7 Å². The Kier molecular flexibility index (Phi) is 6.92. The maximum Gasteiger partial charge on any atom is 0.106 e. The maximum atomic E-state index is 9.43. The van der Waals surface area contributed by atoms with Crippen LogP contribution in [0.25, 0.3) is 0 Å². The van der Waals surface area contributed by atoms with E-state index in [9.17, 15) is 10.2 Å². The summed E-state index contributed by atoms with van der Waals surface area (Å²) < 4.78 is 0. The van der Waals surface area contributed by atoms with Gasteiger partial charge in [-0.15, -0.1) is 0 Å². The van der Waals surface area contributed by atoms with Gasteiger partial charge in [0.15, 0.2) is 0 Å². The molecule has 0 aromatic heterocycles. The summed E-state index contributed by atoms with van der Waals surface area (Å²) in [6.45, 7) is 3.98. The van der Waals surface area contributed by atoms with Crippen LogP contribution >= 0.6 is 0 Å². The normalized spacial score (nSPS) is 14.3. The van der Waals surface area contributed by atoms with Crippen LogP contribution < -0.4 is 0 Å². The Labute approximate surface area is 96.5 Å². The topological polar surface area (TPSA) is 75.2 Å². The van der Waals surface area contributed by atoms with Gasteiger partial charge in [0.25, 0.3) is 0 Å². The van der Waals surface area contributed by atoms with Gasteiger partial charge in [0, 0.05) is 6.54 Å². The van der Waals surface area contributed by atoms with Crippen molar-refractivity contribution in [1.29, 1.82) is 0 Å². The van der Waals surface area contributed by atoms with E-state index in [0.717, 1.165) is 6.42 Å². The van der Waals surface area contributed by atoms with Gasteiger partial charge in [-0.1, -0.05) is 30.3 Å². The summed E-state index contributed by atoms with van der Waals surface area (Å²) in [5.74, 6) is 0. The van der Waals surface area contributed by atoms with Gasteiger partial charge in [-0.2, -0.15) is 0 Å². The zero-order chi connectivity index (χ0) is 11.3. The zero-order valence-electron chi connectivity index (χ0n) is 9.80. The maximum absolute atomic E-state index is 9.43. The third-order valence-corrected chi connectivity index (χ3v) is 2.46. The molecular formula is C12H21NO3. The van der Waals surface area contributed by atoms with Crippen molar-refractivity contribution in [3.63, 3.8) is 0 Å². The van der Waals surface area contributed by atoms with Crippen LogP contribution in [0.15, 0.2) is 30.3 Å². The van der Waals surface area contributed by atoms with Crippen LogP contribution in [0.1, 0.15) is 19.4 Å². The van der Waals surface area contributed by atoms with Crippen molar-refractivity contribution in [3.8, 4) is 0 Å². The fourth-order valence-corrected chi connectivity index (χ4v) is 1.59. The van der Waals surface area contributed by atoms with E-state index in [0.29, 0.717) is 6.54 Å². The van der Waals surface area contributed by atoms with E-state index in [1.807, 2.05) is 30.3 Å². The Morgan fingerprint density at radius 1 is 1.06 bits per heavy atom. The van der Waals surface area contributed by atoms with Gasteiger partial charge >= 0.3 is 0 Å². The lowest BCUT2D eigenvalue weighted by atomic mass is 10.1. The third kappa shape index (κ3) is 4.72. The molecule has 16 heavy (non-hydrogen) atoms. The fraction of sp³-hybridized carbons (Fsp3) is 0.500. The molecule has 0 aliphatic rings. The molecule has 0 heterocycles. The summed E-state index contributed by atoms with van der Waals surface area (Å²) in [5, 5.41) is 18.9. The summed E-state index contributed by atoms with van der Waals surface area (Å²) in [6, 6.07) is 10.0. The molecule has 0 radical (unpaired) electrons. The highest BCUT2D eigenvalue weighted by molar-refractivity contribution is 5.14. The second-order valence-electron chi connectivity index (χ2n) is 3.74. The van der Waals surface area contributed by atoms with Gasteiger partial charge in [0.1, 0.15) is 12.5 Å². The average molecular weight is 227 g/mol. The van der Waals surface area contributed by atoms with Crippen molar-refractivity contribution in [2.24, 2.45) is 0 Å². The molecule has 4 heteroatoms. The summed E-state index contributed by atoms with van der Waals surface area (Å²) >= 11 is 0. The van der Waals surface area contributed by atoms with Gasteiger partial charge in [0.05, 0.1) is 0 Å². The van der Waals surface area contributed by atoms with Gasteiger partial charge in [-0.05, 0) is 25.8 Å². The smallest absolute Gasteiger partial charge is 0.106 e. The summed E-state index contributed by atoms with van der Waals surface area (Å²) in [5.41, 5.74) is 1.21. The Hall–Kier alpha value is -0.940. The Bertz CT molecular complexity index is 267. The minimum absolute atomic E-state index is 0. The lowest BCUT2D eigenvalue weighted by Gasteiger charge is -2.27. The molecule has 2 unspecified atom stereocenters. The quantitative estimate of drug-likeness (QED) is 0.714. The minimum atomic E-state index is -0.617. The number of hydrogen-bond donors (Lipinski definition) is 2. The molecule has 0 saturated heterocycles. The molecular weight excluding hydrogens is 206 g/mol. The van der Waals surface area contributed by atoms with Crippen LogP contribution in [-0.4, -0.2) is 39.6 Å². The zero-order valence-corrected chi connectivity index (χ0v) is 9.80. The molecule has 0 bridgehead atoms. The van der Waals surface area contributed by atoms with E-state index < -0.39 is 12.5 Å². The molecule has 0 amide bonds. The third-order valence-electron chi connectivity index (χ3n) is 2.46. The molecule has 4 nitrogen and oxygen atoms in total. The van der Waals surface area contributed by atoms with E-state index in [-0.39, 0.29) is 5.48 Å². The van der Waals surface area contributed by atoms with E-state index in [1.165, 1.54) is 5.56 Å². The van der Waals surface area contributed by atoms with Crippen molar-refractivity contribution < 1.29 is 15.7 Å². The first-order valence-electron chi connectivity index (χ1n) is 5.27. The van der Waals surface area contributed by atoms with Crippen LogP contribution in [-0.2, 0) is 6.42 Å². The molecule has 4 N–H and O–H groups in total. The molecule has 92 valence electrons. The number of benzene rings is 1. The molecule has 1 aromatic rings. The lowest BCUT2D eigenvalue weighted by molar-refractivity contribution is -0.0831. The number of aliphatic hydroxyl groups is 2. The Balaban J connectivity index is 0.00000225. The van der Waals surface area contributed by atoms with Crippen molar-refractivity contribution in [3.05, 3.63) is 35.9 Å². The first-order chi connectivity index (χ1) is 7.11. The van der Waals surface area contributed by atoms with Crippen LogP contribution in [0.3, 0.4) is 0 Å². The molecule has 1 rings (SSSR count). The highest BCUT2D eigenvalue weighted by Crippen LogP contribution is 2.05. The van der Waals surface area contributed by atoms with Crippen molar-refractivity contribution in [1.82, 2.24) is 4.90 Å². The lowest BCUT2D eigenvalue weighted by Crippen LogP contribution is -2.41. The first-order valence-corrected chi connectivity index (χ1v) is 5.27.